The largest absolute Gasteiger partial charge is 0.394 e. The second-order valence-electron chi connectivity index (χ2n) is 12.2. The first-order valence-corrected chi connectivity index (χ1v) is 17.3. The van der Waals surface area contributed by atoms with Crippen LogP contribution in [0.2, 0.25) is 0 Å². The molecule has 10 heteroatoms. The summed E-state index contributed by atoms with van der Waals surface area (Å²) in [6, 6.07) is -1.01. The lowest BCUT2D eigenvalue weighted by Crippen LogP contribution is -2.60. The second-order valence-corrected chi connectivity index (χ2v) is 12.2. The number of nitrogens with one attached hydrogen (secondary N) is 2. The molecular formula is C33H64N2O8. The topological polar surface area (TPSA) is 158 Å². The van der Waals surface area contributed by atoms with Crippen LogP contribution in [0.1, 0.15) is 142 Å². The Labute approximate surface area is 260 Å². The van der Waals surface area contributed by atoms with Crippen LogP contribution >= 0.6 is 0 Å². The van der Waals surface area contributed by atoms with Crippen LogP contribution in [0.5, 0.6) is 0 Å². The molecule has 6 N–H and O–H groups in total. The molecule has 0 bridgehead atoms. The van der Waals surface area contributed by atoms with Crippen LogP contribution in [-0.2, 0) is 19.1 Å². The van der Waals surface area contributed by atoms with Gasteiger partial charge in [-0.1, -0.05) is 123 Å². The summed E-state index contributed by atoms with van der Waals surface area (Å²) < 4.78 is 11.0. The molecule has 1 aliphatic rings. The van der Waals surface area contributed by atoms with Gasteiger partial charge in [0.05, 0.1) is 13.2 Å². The predicted molar refractivity (Wildman–Crippen MR) is 168 cm³/mol. The molecule has 1 fully saturated rings. The van der Waals surface area contributed by atoms with Crippen molar-refractivity contribution in [2.24, 2.45) is 0 Å². The molecule has 2 amide bonds. The molecule has 10 nitrogen and oxygen atoms in total. The maximum Gasteiger partial charge on any atom is 0.244 e. The van der Waals surface area contributed by atoms with E-state index in [1.165, 1.54) is 77.0 Å². The van der Waals surface area contributed by atoms with E-state index in [1.807, 2.05) is 0 Å². The highest BCUT2D eigenvalue weighted by atomic mass is 16.7. The molecule has 0 saturated carbocycles. The molecule has 1 saturated heterocycles. The molecule has 1 aliphatic heterocycles. The molecule has 1 heterocycles. The lowest BCUT2D eigenvalue weighted by molar-refractivity contribution is -0.301. The number of carbonyl (C=O) groups excluding carboxylic acids is 2. The zero-order chi connectivity index (χ0) is 31.7. The fourth-order valence-corrected chi connectivity index (χ4v) is 5.39. The van der Waals surface area contributed by atoms with Gasteiger partial charge >= 0.3 is 0 Å². The molecule has 1 unspecified atom stereocenters. The van der Waals surface area contributed by atoms with Crippen LogP contribution < -0.4 is 10.6 Å². The van der Waals surface area contributed by atoms with Crippen molar-refractivity contribution < 1.29 is 39.5 Å². The van der Waals surface area contributed by atoms with E-state index < -0.39 is 49.3 Å². The number of rotatable bonds is 27. The number of unbranched alkanes of at least 4 members (excludes halogenated alkanes) is 17. The minimum Gasteiger partial charge on any atom is -0.394 e. The number of hydrogen-bond donors (Lipinski definition) is 6. The third-order valence-electron chi connectivity index (χ3n) is 8.26. The van der Waals surface area contributed by atoms with Crippen molar-refractivity contribution in [3.8, 4) is 0 Å². The molecule has 0 aromatic rings. The van der Waals surface area contributed by atoms with E-state index in [0.717, 1.165) is 44.9 Å². The zero-order valence-corrected chi connectivity index (χ0v) is 27.1. The Morgan fingerprint density at radius 2 is 1.19 bits per heavy atom. The Morgan fingerprint density at radius 3 is 1.70 bits per heavy atom. The molecule has 0 radical (unpaired) electrons. The van der Waals surface area contributed by atoms with Gasteiger partial charge in [-0.3, -0.25) is 9.59 Å². The van der Waals surface area contributed by atoms with Gasteiger partial charge in [-0.2, -0.15) is 0 Å². The van der Waals surface area contributed by atoms with Gasteiger partial charge < -0.3 is 40.5 Å². The van der Waals surface area contributed by atoms with E-state index >= 15 is 0 Å². The van der Waals surface area contributed by atoms with Crippen molar-refractivity contribution in [1.82, 2.24) is 10.6 Å². The molecular weight excluding hydrogens is 552 g/mol. The van der Waals surface area contributed by atoms with E-state index in [1.54, 1.807) is 0 Å². The lowest BCUT2D eigenvalue weighted by Gasteiger charge is -2.39. The normalized spacial score (nSPS) is 22.8. The summed E-state index contributed by atoms with van der Waals surface area (Å²) in [6.45, 7) is 3.96. The van der Waals surface area contributed by atoms with Crippen molar-refractivity contribution in [3.05, 3.63) is 0 Å². The molecule has 0 aliphatic carbocycles. The Balaban J connectivity index is 2.34. The number of amides is 2. The van der Waals surface area contributed by atoms with Crippen molar-refractivity contribution in [3.63, 3.8) is 0 Å². The average Bonchev–Trinajstić information content (AvgIpc) is 3.00. The van der Waals surface area contributed by atoms with Gasteiger partial charge in [0.1, 0.15) is 30.5 Å². The molecule has 254 valence electrons. The van der Waals surface area contributed by atoms with Gasteiger partial charge in [0.15, 0.2) is 6.29 Å². The molecule has 0 aromatic carbocycles. The Kier molecular flexibility index (Phi) is 24.0. The molecule has 0 spiro atoms. The first-order valence-electron chi connectivity index (χ1n) is 17.3. The summed E-state index contributed by atoms with van der Waals surface area (Å²) in [5.74, 6) is -0.649. The molecule has 43 heavy (non-hydrogen) atoms. The Morgan fingerprint density at radius 1 is 0.698 bits per heavy atom. The Hall–Kier alpha value is -1.30. The minimum absolute atomic E-state index is 0.252. The highest BCUT2D eigenvalue weighted by Crippen LogP contribution is 2.22. The SMILES string of the molecule is CCCCCCCCCCCCCCCCCC(=O)NC(CO[C@@H]1O[C@H](CO)[C@H](O)[C@H](O)[C@H]1O)C(=O)NCCCCCC. The van der Waals surface area contributed by atoms with Gasteiger partial charge in [-0.05, 0) is 12.8 Å². The smallest absolute Gasteiger partial charge is 0.244 e. The van der Waals surface area contributed by atoms with E-state index in [0.29, 0.717) is 13.0 Å². The van der Waals surface area contributed by atoms with Crippen LogP contribution in [0.3, 0.4) is 0 Å². The van der Waals surface area contributed by atoms with Gasteiger partial charge in [-0.15, -0.1) is 0 Å². The van der Waals surface area contributed by atoms with E-state index in [2.05, 4.69) is 24.5 Å². The number of aliphatic hydroxyl groups is 4. The fraction of sp³-hybridized carbons (Fsp3) is 0.939. The van der Waals surface area contributed by atoms with Crippen LogP contribution in [0.25, 0.3) is 0 Å². The van der Waals surface area contributed by atoms with Gasteiger partial charge in [0.25, 0.3) is 0 Å². The maximum absolute atomic E-state index is 12.9. The first-order chi connectivity index (χ1) is 20.8. The molecule has 0 aromatic heterocycles. The van der Waals surface area contributed by atoms with Crippen LogP contribution in [0.15, 0.2) is 0 Å². The number of aliphatic hydroxyl groups excluding tert-OH is 4. The van der Waals surface area contributed by atoms with Gasteiger partial charge in [0, 0.05) is 13.0 Å². The summed E-state index contributed by atoms with van der Waals surface area (Å²) in [7, 11) is 0. The van der Waals surface area contributed by atoms with Gasteiger partial charge in [0.2, 0.25) is 11.8 Å². The number of ether oxygens (including phenoxy) is 2. The average molecular weight is 617 g/mol. The van der Waals surface area contributed by atoms with Crippen molar-refractivity contribution in [1.29, 1.82) is 0 Å². The van der Waals surface area contributed by atoms with Crippen LogP contribution in [-0.4, -0.2) is 88.7 Å². The van der Waals surface area contributed by atoms with E-state index in [9.17, 15) is 30.0 Å². The third kappa shape index (κ3) is 18.3. The number of carbonyl (C=O) groups is 2. The first kappa shape index (κ1) is 39.7. The number of hydrogen-bond acceptors (Lipinski definition) is 8. The van der Waals surface area contributed by atoms with Crippen LogP contribution in [0, 0.1) is 0 Å². The summed E-state index contributed by atoms with van der Waals surface area (Å²) in [5.41, 5.74) is 0. The predicted octanol–water partition coefficient (Wildman–Crippen LogP) is 4.25. The fourth-order valence-electron chi connectivity index (χ4n) is 5.39. The summed E-state index contributed by atoms with van der Waals surface area (Å²) in [5, 5.41) is 45.2. The highest BCUT2D eigenvalue weighted by molar-refractivity contribution is 5.87. The van der Waals surface area contributed by atoms with E-state index in [4.69, 9.17) is 9.47 Å². The lowest BCUT2D eigenvalue weighted by atomic mass is 9.99. The minimum atomic E-state index is -1.58. The maximum atomic E-state index is 12.9. The quantitative estimate of drug-likeness (QED) is 0.0748. The van der Waals surface area contributed by atoms with Gasteiger partial charge in [-0.25, -0.2) is 0 Å². The molecule has 1 rings (SSSR count). The Bertz CT molecular complexity index is 696. The highest BCUT2D eigenvalue weighted by Gasteiger charge is 2.44. The molecule has 6 atom stereocenters. The van der Waals surface area contributed by atoms with E-state index in [-0.39, 0.29) is 12.5 Å². The van der Waals surface area contributed by atoms with Crippen molar-refractivity contribution >= 4 is 11.8 Å². The zero-order valence-electron chi connectivity index (χ0n) is 27.1. The monoisotopic (exact) mass is 616 g/mol. The van der Waals surface area contributed by atoms with Crippen molar-refractivity contribution in [2.75, 3.05) is 19.8 Å². The summed E-state index contributed by atoms with van der Waals surface area (Å²) >= 11 is 0. The van der Waals surface area contributed by atoms with Crippen LogP contribution in [0.4, 0.5) is 0 Å². The second kappa shape index (κ2) is 26.0. The third-order valence-corrected chi connectivity index (χ3v) is 8.26. The summed E-state index contributed by atoms with van der Waals surface area (Å²) in [4.78, 5) is 25.6. The standard InChI is InChI=1S/C33H64N2O8/c1-3-5-7-9-10-11-12-13-14-15-16-17-18-19-20-22-28(37)35-26(32(41)34-23-21-8-6-4-2)25-42-33-31(40)30(39)29(38)27(24-36)43-33/h26-27,29-31,33,36,38-40H,3-25H2,1-2H3,(H,34,41)(H,35,37)/t26?,27-,29+,30+,31-,33-/m1/s1. The van der Waals surface area contributed by atoms with Crippen molar-refractivity contribution in [2.45, 2.75) is 179 Å². The summed E-state index contributed by atoms with van der Waals surface area (Å²) in [6.07, 6.45) is 15.8.